The van der Waals surface area contributed by atoms with Gasteiger partial charge in [-0.15, -0.1) is 0 Å². The van der Waals surface area contributed by atoms with Gasteiger partial charge in [0.05, 0.1) is 0 Å². The van der Waals surface area contributed by atoms with Crippen LogP contribution in [0.2, 0.25) is 0 Å². The topological polar surface area (TPSA) is 81.7 Å². The van der Waals surface area contributed by atoms with Crippen molar-refractivity contribution in [2.45, 2.75) is 19.8 Å². The summed E-state index contributed by atoms with van der Waals surface area (Å²) in [5.41, 5.74) is 1.07. The van der Waals surface area contributed by atoms with Gasteiger partial charge in [0, 0.05) is 18.5 Å². The summed E-state index contributed by atoms with van der Waals surface area (Å²) < 4.78 is 23.5. The van der Waals surface area contributed by atoms with Gasteiger partial charge in [-0.2, -0.15) is 0 Å². The van der Waals surface area contributed by atoms with E-state index >= 15 is 0 Å². The Hall–Kier alpha value is -3.22. The highest BCUT2D eigenvalue weighted by molar-refractivity contribution is 5.95. The van der Waals surface area contributed by atoms with Gasteiger partial charge in [-0.3, -0.25) is 9.59 Å². The van der Waals surface area contributed by atoms with E-state index in [9.17, 15) is 18.8 Å². The molecule has 7 heteroatoms. The maximum absolute atomic E-state index is 13.5. The molecule has 2 rings (SSSR count). The number of benzene rings is 2. The average molecular weight is 387 g/mol. The molecule has 0 aliphatic rings. The Bertz CT molecular complexity index is 820. The van der Waals surface area contributed by atoms with Gasteiger partial charge >= 0.3 is 5.97 Å². The lowest BCUT2D eigenvalue weighted by Gasteiger charge is -2.08. The third-order valence-electron chi connectivity index (χ3n) is 3.89. The lowest BCUT2D eigenvalue weighted by molar-refractivity contribution is -0.150. The maximum atomic E-state index is 13.5. The van der Waals surface area contributed by atoms with Crippen molar-refractivity contribution in [3.05, 3.63) is 65.5 Å². The molecule has 0 saturated heterocycles. The lowest BCUT2D eigenvalue weighted by Crippen LogP contribution is -2.31. The van der Waals surface area contributed by atoms with Gasteiger partial charge in [-0.25, -0.2) is 9.18 Å². The van der Waals surface area contributed by atoms with Crippen LogP contribution in [0.25, 0.3) is 0 Å². The fourth-order valence-corrected chi connectivity index (χ4v) is 2.36. The zero-order chi connectivity index (χ0) is 20.4. The van der Waals surface area contributed by atoms with Crippen LogP contribution in [0, 0.1) is 5.82 Å². The van der Waals surface area contributed by atoms with E-state index < -0.39 is 18.5 Å². The van der Waals surface area contributed by atoms with Gasteiger partial charge in [-0.05, 0) is 42.3 Å². The van der Waals surface area contributed by atoms with Crippen LogP contribution >= 0.6 is 0 Å². The van der Waals surface area contributed by atoms with Gasteiger partial charge in [0.2, 0.25) is 0 Å². The molecule has 0 spiro atoms. The van der Waals surface area contributed by atoms with Gasteiger partial charge in [0.1, 0.15) is 11.6 Å². The first-order chi connectivity index (χ1) is 13.5. The van der Waals surface area contributed by atoms with Gasteiger partial charge in [-0.1, -0.05) is 25.1 Å². The number of hydrogen-bond acceptors (Lipinski definition) is 5. The Kier molecular flexibility index (Phi) is 8.14. The summed E-state index contributed by atoms with van der Waals surface area (Å²) in [5.74, 6) is -1.07. The molecule has 148 valence electrons. The van der Waals surface area contributed by atoms with Crippen LogP contribution in [0.3, 0.4) is 0 Å². The van der Waals surface area contributed by atoms with E-state index in [0.29, 0.717) is 29.7 Å². The SMILES string of the molecule is CCC(=O)c1ccc(OCC(=O)OCC(=O)NCCc2ccccc2F)cc1. The van der Waals surface area contributed by atoms with Crippen LogP contribution in [0.5, 0.6) is 5.75 Å². The van der Waals surface area contributed by atoms with Crippen LogP contribution in [0.4, 0.5) is 4.39 Å². The Labute approximate surface area is 162 Å². The zero-order valence-corrected chi connectivity index (χ0v) is 15.6. The minimum Gasteiger partial charge on any atom is -0.482 e. The molecular formula is C21H22FNO5. The largest absolute Gasteiger partial charge is 0.482 e. The van der Waals surface area contributed by atoms with Crippen molar-refractivity contribution in [1.82, 2.24) is 5.32 Å². The summed E-state index contributed by atoms with van der Waals surface area (Å²) in [7, 11) is 0. The van der Waals surface area contributed by atoms with Crippen LogP contribution in [-0.2, 0) is 20.7 Å². The number of rotatable bonds is 10. The molecule has 6 nitrogen and oxygen atoms in total. The minimum absolute atomic E-state index is 0.0203. The molecule has 0 fully saturated rings. The van der Waals surface area contributed by atoms with Gasteiger partial charge in [0.15, 0.2) is 19.0 Å². The standard InChI is InChI=1S/C21H22FNO5/c1-2-19(24)16-7-9-17(10-8-16)27-14-21(26)28-13-20(25)23-12-11-15-5-3-4-6-18(15)22/h3-10H,2,11-14H2,1H3,(H,23,25). The molecule has 0 aliphatic heterocycles. The van der Waals surface area contributed by atoms with Gasteiger partial charge < -0.3 is 14.8 Å². The quantitative estimate of drug-likeness (QED) is 0.501. The molecule has 0 aliphatic carbocycles. The number of amides is 1. The van der Waals surface area contributed by atoms with Gasteiger partial charge in [0.25, 0.3) is 5.91 Å². The van der Waals surface area contributed by atoms with Crippen LogP contribution in [0.15, 0.2) is 48.5 Å². The van der Waals surface area contributed by atoms with Crippen LogP contribution in [0.1, 0.15) is 29.3 Å². The highest BCUT2D eigenvalue weighted by atomic mass is 19.1. The molecule has 0 radical (unpaired) electrons. The number of nitrogens with one attached hydrogen (secondary N) is 1. The summed E-state index contributed by atoms with van der Waals surface area (Å²) in [6.07, 6.45) is 0.751. The van der Waals surface area contributed by atoms with Crippen molar-refractivity contribution >= 4 is 17.7 Å². The highest BCUT2D eigenvalue weighted by Crippen LogP contribution is 2.13. The second-order valence-corrected chi connectivity index (χ2v) is 5.94. The Morgan fingerprint density at radius 2 is 1.71 bits per heavy atom. The first kappa shape index (κ1) is 21.1. The number of carbonyl (C=O) groups is 3. The number of ether oxygens (including phenoxy) is 2. The number of carbonyl (C=O) groups excluding carboxylic acids is 3. The van der Waals surface area contributed by atoms with Crippen molar-refractivity contribution in [2.75, 3.05) is 19.8 Å². The smallest absolute Gasteiger partial charge is 0.344 e. The fourth-order valence-electron chi connectivity index (χ4n) is 2.36. The molecule has 0 heterocycles. The van der Waals surface area contributed by atoms with Crippen molar-refractivity contribution < 1.29 is 28.2 Å². The molecule has 28 heavy (non-hydrogen) atoms. The van der Waals surface area contributed by atoms with E-state index in [1.54, 1.807) is 49.4 Å². The average Bonchev–Trinajstić information content (AvgIpc) is 2.72. The molecular weight excluding hydrogens is 365 g/mol. The van der Waals surface area contributed by atoms with E-state index in [-0.39, 0.29) is 24.8 Å². The summed E-state index contributed by atoms with van der Waals surface area (Å²) in [6, 6.07) is 12.7. The van der Waals surface area contributed by atoms with Crippen molar-refractivity contribution in [2.24, 2.45) is 0 Å². The predicted octanol–water partition coefficient (Wildman–Crippen LogP) is 2.70. The van der Waals surface area contributed by atoms with Crippen molar-refractivity contribution in [1.29, 1.82) is 0 Å². The zero-order valence-electron chi connectivity index (χ0n) is 15.6. The molecule has 1 amide bonds. The molecule has 0 unspecified atom stereocenters. The fraction of sp³-hybridized carbons (Fsp3) is 0.286. The first-order valence-electron chi connectivity index (χ1n) is 8.91. The van der Waals surface area contributed by atoms with Crippen molar-refractivity contribution in [3.8, 4) is 5.75 Å². The van der Waals surface area contributed by atoms with E-state index in [0.717, 1.165) is 0 Å². The first-order valence-corrected chi connectivity index (χ1v) is 8.91. The lowest BCUT2D eigenvalue weighted by atomic mass is 10.1. The number of ketones is 1. The van der Waals surface area contributed by atoms with E-state index in [1.165, 1.54) is 6.07 Å². The Morgan fingerprint density at radius 1 is 1.00 bits per heavy atom. The second-order valence-electron chi connectivity index (χ2n) is 5.94. The minimum atomic E-state index is -0.696. The Balaban J connectivity index is 1.64. The maximum Gasteiger partial charge on any atom is 0.344 e. The molecule has 0 saturated carbocycles. The second kappa shape index (κ2) is 10.8. The van der Waals surface area contributed by atoms with Crippen molar-refractivity contribution in [3.63, 3.8) is 0 Å². The van der Waals surface area contributed by atoms with E-state index in [2.05, 4.69) is 5.32 Å². The van der Waals surface area contributed by atoms with E-state index in [1.807, 2.05) is 0 Å². The summed E-state index contributed by atoms with van der Waals surface area (Å²) >= 11 is 0. The molecule has 0 atom stereocenters. The Morgan fingerprint density at radius 3 is 2.39 bits per heavy atom. The summed E-state index contributed by atoms with van der Waals surface area (Å²) in [4.78, 5) is 34.9. The summed E-state index contributed by atoms with van der Waals surface area (Å²) in [6.45, 7) is 1.21. The molecule has 2 aromatic rings. The molecule has 1 N–H and O–H groups in total. The number of halogens is 1. The monoisotopic (exact) mass is 387 g/mol. The molecule has 0 aromatic heterocycles. The van der Waals surface area contributed by atoms with Crippen LogP contribution in [-0.4, -0.2) is 37.4 Å². The molecule has 2 aromatic carbocycles. The van der Waals surface area contributed by atoms with E-state index in [4.69, 9.17) is 9.47 Å². The molecule has 0 bridgehead atoms. The third kappa shape index (κ3) is 6.83. The normalized spacial score (nSPS) is 10.2. The highest BCUT2D eigenvalue weighted by Gasteiger charge is 2.09. The number of hydrogen-bond donors (Lipinski definition) is 1. The third-order valence-corrected chi connectivity index (χ3v) is 3.89. The predicted molar refractivity (Wildman–Crippen MR) is 101 cm³/mol. The van der Waals surface area contributed by atoms with Crippen LogP contribution < -0.4 is 10.1 Å². The summed E-state index contributed by atoms with van der Waals surface area (Å²) in [5, 5.41) is 2.55. The number of Topliss-reactive ketones (excluding diaryl/α,β-unsaturated/α-hetero) is 1. The number of esters is 1.